The molecule has 0 fully saturated rings. The van der Waals surface area contributed by atoms with Crippen molar-refractivity contribution in [2.45, 2.75) is 40.7 Å². The molecule has 0 radical (unpaired) electrons. The average Bonchev–Trinajstić information content (AvgIpc) is 2.32. The van der Waals surface area contributed by atoms with E-state index in [4.69, 9.17) is 4.74 Å². The Morgan fingerprint density at radius 3 is 2.22 bits per heavy atom. The van der Waals surface area contributed by atoms with Gasteiger partial charge in [-0.15, -0.1) is 0 Å². The first kappa shape index (κ1) is 14.7. The van der Waals surface area contributed by atoms with Gasteiger partial charge >= 0.3 is 0 Å². The van der Waals surface area contributed by atoms with Crippen LogP contribution in [-0.4, -0.2) is 18.0 Å². The fourth-order valence-corrected chi connectivity index (χ4v) is 2.16. The fourth-order valence-electron chi connectivity index (χ4n) is 2.16. The Bertz CT molecular complexity index is 461. The van der Waals surface area contributed by atoms with Crippen molar-refractivity contribution in [2.24, 2.45) is 5.92 Å². The molecule has 0 spiro atoms. The van der Waals surface area contributed by atoms with Gasteiger partial charge in [0, 0.05) is 5.92 Å². The lowest BCUT2D eigenvalue weighted by Gasteiger charge is -2.19. The Balaban J connectivity index is 3.31. The van der Waals surface area contributed by atoms with E-state index in [0.717, 1.165) is 22.4 Å². The number of carbonyl (C=O) groups is 1. The predicted octanol–water partition coefficient (Wildman–Crippen LogP) is 2.88. The summed E-state index contributed by atoms with van der Waals surface area (Å²) >= 11 is 0. The zero-order valence-electron chi connectivity index (χ0n) is 12.0. The Hall–Kier alpha value is -1.35. The largest absolute Gasteiger partial charge is 0.496 e. The van der Waals surface area contributed by atoms with Crippen LogP contribution in [0.4, 0.5) is 0 Å². The van der Waals surface area contributed by atoms with Gasteiger partial charge in [-0.3, -0.25) is 4.79 Å². The SMILES string of the molecule is COc1c(C)cc(C(O)C(=O)C(C)C)c(C)c1C. The van der Waals surface area contributed by atoms with Crippen LogP contribution in [0.25, 0.3) is 0 Å². The molecule has 0 saturated heterocycles. The van der Waals surface area contributed by atoms with Crippen LogP contribution >= 0.6 is 0 Å². The average molecular weight is 250 g/mol. The minimum absolute atomic E-state index is 0.151. The lowest BCUT2D eigenvalue weighted by atomic mass is 9.90. The maximum Gasteiger partial charge on any atom is 0.168 e. The summed E-state index contributed by atoms with van der Waals surface area (Å²) in [7, 11) is 1.63. The lowest BCUT2D eigenvalue weighted by molar-refractivity contribution is -0.130. The van der Waals surface area contributed by atoms with E-state index in [9.17, 15) is 9.90 Å². The fraction of sp³-hybridized carbons (Fsp3) is 0.533. The third-order valence-electron chi connectivity index (χ3n) is 3.40. The van der Waals surface area contributed by atoms with Crippen molar-refractivity contribution >= 4 is 5.78 Å². The molecule has 18 heavy (non-hydrogen) atoms. The van der Waals surface area contributed by atoms with E-state index in [-0.39, 0.29) is 11.7 Å². The van der Waals surface area contributed by atoms with E-state index in [0.29, 0.717) is 5.56 Å². The maximum atomic E-state index is 11.9. The highest BCUT2D eigenvalue weighted by atomic mass is 16.5. The topological polar surface area (TPSA) is 46.5 Å². The number of ketones is 1. The number of aliphatic hydroxyl groups excluding tert-OH is 1. The van der Waals surface area contributed by atoms with Crippen LogP contribution in [0.1, 0.15) is 42.2 Å². The van der Waals surface area contributed by atoms with Gasteiger partial charge in [-0.2, -0.15) is 0 Å². The molecule has 0 aliphatic carbocycles. The molecule has 0 aromatic heterocycles. The Morgan fingerprint density at radius 1 is 1.22 bits per heavy atom. The van der Waals surface area contributed by atoms with E-state index in [2.05, 4.69) is 0 Å². The maximum absolute atomic E-state index is 11.9. The summed E-state index contributed by atoms with van der Waals surface area (Å²) < 4.78 is 5.33. The lowest BCUT2D eigenvalue weighted by Crippen LogP contribution is -2.19. The molecule has 0 aliphatic rings. The second-order valence-corrected chi connectivity index (χ2v) is 5.03. The first-order valence-electron chi connectivity index (χ1n) is 6.17. The van der Waals surface area contributed by atoms with Gasteiger partial charge in [-0.1, -0.05) is 13.8 Å². The number of hydrogen-bond donors (Lipinski definition) is 1. The van der Waals surface area contributed by atoms with E-state index >= 15 is 0 Å². The smallest absolute Gasteiger partial charge is 0.168 e. The van der Waals surface area contributed by atoms with Crippen molar-refractivity contribution in [1.82, 2.24) is 0 Å². The molecule has 0 saturated carbocycles. The van der Waals surface area contributed by atoms with Crippen molar-refractivity contribution in [2.75, 3.05) is 7.11 Å². The van der Waals surface area contributed by atoms with Crippen LogP contribution in [0, 0.1) is 26.7 Å². The van der Waals surface area contributed by atoms with Gasteiger partial charge in [0.1, 0.15) is 11.9 Å². The molecule has 3 nitrogen and oxygen atoms in total. The highest BCUT2D eigenvalue weighted by molar-refractivity contribution is 5.86. The first-order valence-corrected chi connectivity index (χ1v) is 6.17. The number of Topliss-reactive ketones (excluding diaryl/α,β-unsaturated/α-hetero) is 1. The number of rotatable bonds is 4. The molecule has 1 aromatic carbocycles. The standard InChI is InChI=1S/C15H22O3/c1-8(2)13(16)14(17)12-7-9(3)15(18-6)11(5)10(12)4/h7-8,14,17H,1-6H3. The Kier molecular flexibility index (Phi) is 4.52. The molecule has 0 amide bonds. The third-order valence-corrected chi connectivity index (χ3v) is 3.40. The van der Waals surface area contributed by atoms with Crippen molar-refractivity contribution in [3.8, 4) is 5.75 Å². The predicted molar refractivity (Wildman–Crippen MR) is 72.0 cm³/mol. The summed E-state index contributed by atoms with van der Waals surface area (Å²) in [6.45, 7) is 9.36. The van der Waals surface area contributed by atoms with Gasteiger partial charge in [0.05, 0.1) is 7.11 Å². The quantitative estimate of drug-likeness (QED) is 0.893. The summed E-state index contributed by atoms with van der Waals surface area (Å²) in [6.07, 6.45) is -1.05. The number of methoxy groups -OCH3 is 1. The van der Waals surface area contributed by atoms with E-state index < -0.39 is 6.10 Å². The highest BCUT2D eigenvalue weighted by Crippen LogP contribution is 2.32. The Labute approximate surface area is 109 Å². The van der Waals surface area contributed by atoms with Crippen molar-refractivity contribution in [3.63, 3.8) is 0 Å². The van der Waals surface area contributed by atoms with Crippen molar-refractivity contribution in [1.29, 1.82) is 0 Å². The van der Waals surface area contributed by atoms with Gasteiger partial charge in [0.2, 0.25) is 0 Å². The van der Waals surface area contributed by atoms with Crippen LogP contribution in [0.15, 0.2) is 6.07 Å². The molecule has 0 bridgehead atoms. The summed E-state index contributed by atoms with van der Waals surface area (Å²) in [5, 5.41) is 10.2. The number of hydrogen-bond acceptors (Lipinski definition) is 3. The van der Waals surface area contributed by atoms with Gasteiger partial charge in [0.15, 0.2) is 5.78 Å². The van der Waals surface area contributed by atoms with Crippen LogP contribution in [-0.2, 0) is 4.79 Å². The molecule has 0 heterocycles. The molecule has 100 valence electrons. The minimum atomic E-state index is -1.05. The Morgan fingerprint density at radius 2 is 1.78 bits per heavy atom. The zero-order chi connectivity index (χ0) is 14.0. The highest BCUT2D eigenvalue weighted by Gasteiger charge is 2.24. The first-order chi connectivity index (χ1) is 8.31. The third kappa shape index (κ3) is 2.56. The summed E-state index contributed by atoms with van der Waals surface area (Å²) in [6, 6.07) is 1.84. The van der Waals surface area contributed by atoms with Crippen LogP contribution in [0.3, 0.4) is 0 Å². The van der Waals surface area contributed by atoms with Gasteiger partial charge in [-0.25, -0.2) is 0 Å². The molecule has 0 aliphatic heterocycles. The van der Waals surface area contributed by atoms with E-state index in [1.165, 1.54) is 0 Å². The molecular formula is C15H22O3. The van der Waals surface area contributed by atoms with Crippen LogP contribution in [0.5, 0.6) is 5.75 Å². The summed E-state index contributed by atoms with van der Waals surface area (Å²) in [4.78, 5) is 11.9. The van der Waals surface area contributed by atoms with Gasteiger partial charge in [0.25, 0.3) is 0 Å². The molecule has 1 unspecified atom stereocenters. The molecule has 1 atom stereocenters. The van der Waals surface area contributed by atoms with E-state index in [1.54, 1.807) is 21.0 Å². The summed E-state index contributed by atoms with van der Waals surface area (Å²) in [5.41, 5.74) is 3.51. The number of ether oxygens (including phenoxy) is 1. The molecule has 1 aromatic rings. The van der Waals surface area contributed by atoms with Crippen molar-refractivity contribution in [3.05, 3.63) is 28.3 Å². The molecule has 1 N–H and O–H groups in total. The zero-order valence-corrected chi connectivity index (χ0v) is 12.0. The monoisotopic (exact) mass is 250 g/mol. The second-order valence-electron chi connectivity index (χ2n) is 5.03. The minimum Gasteiger partial charge on any atom is -0.496 e. The van der Waals surface area contributed by atoms with E-state index in [1.807, 2.05) is 26.8 Å². The molecule has 1 rings (SSSR count). The number of carbonyl (C=O) groups excluding carboxylic acids is 1. The van der Waals surface area contributed by atoms with Crippen molar-refractivity contribution < 1.29 is 14.6 Å². The number of aryl methyl sites for hydroxylation is 1. The normalized spacial score (nSPS) is 12.7. The number of aliphatic hydroxyl groups is 1. The van der Waals surface area contributed by atoms with Gasteiger partial charge < -0.3 is 9.84 Å². The van der Waals surface area contributed by atoms with Gasteiger partial charge in [-0.05, 0) is 49.1 Å². The summed E-state index contributed by atoms with van der Waals surface area (Å²) in [5.74, 6) is 0.490. The molecule has 3 heteroatoms. The van der Waals surface area contributed by atoms with Crippen LogP contribution < -0.4 is 4.74 Å². The number of benzene rings is 1. The molecular weight excluding hydrogens is 228 g/mol. The second kappa shape index (κ2) is 5.53. The van der Waals surface area contributed by atoms with Crippen LogP contribution in [0.2, 0.25) is 0 Å².